The van der Waals surface area contributed by atoms with E-state index >= 15 is 0 Å². The van der Waals surface area contributed by atoms with Gasteiger partial charge in [0.05, 0.1) is 5.56 Å². The number of benzene rings is 1. The fourth-order valence-corrected chi connectivity index (χ4v) is 1.49. The molecule has 0 aliphatic heterocycles. The molecule has 2 rings (SSSR count). The van der Waals surface area contributed by atoms with Crippen molar-refractivity contribution in [1.29, 1.82) is 0 Å². The van der Waals surface area contributed by atoms with Crippen molar-refractivity contribution in [3.05, 3.63) is 36.0 Å². The molecule has 0 saturated heterocycles. The zero-order valence-corrected chi connectivity index (χ0v) is 7.55. The summed E-state index contributed by atoms with van der Waals surface area (Å²) < 4.78 is 37.8. The second kappa shape index (κ2) is 3.12. The quantitative estimate of drug-likeness (QED) is 0.729. The Bertz CT molecular complexity index is 500. The number of nitrogens with zero attached hydrogens (tertiary/aromatic N) is 1. The Hall–Kier alpha value is -1.78. The molecule has 15 heavy (non-hydrogen) atoms. The molecule has 0 atom stereocenters. The highest BCUT2D eigenvalue weighted by Crippen LogP contribution is 2.36. The number of halogens is 3. The van der Waals surface area contributed by atoms with Crippen molar-refractivity contribution in [2.45, 2.75) is 6.18 Å². The number of hydrogen-bond acceptors (Lipinski definition) is 2. The molecule has 1 heterocycles. The minimum Gasteiger partial charge on any atom is -0.383 e. The Labute approximate surface area is 83.5 Å². The van der Waals surface area contributed by atoms with Crippen molar-refractivity contribution in [1.82, 2.24) is 4.98 Å². The van der Waals surface area contributed by atoms with Crippen LogP contribution in [0, 0.1) is 0 Å². The van der Waals surface area contributed by atoms with Crippen LogP contribution in [0.4, 0.5) is 19.0 Å². The zero-order chi connectivity index (χ0) is 11.1. The molecule has 0 aliphatic rings. The second-order valence-electron chi connectivity index (χ2n) is 3.10. The number of fused-ring (bicyclic) bond motifs is 1. The van der Waals surface area contributed by atoms with E-state index in [9.17, 15) is 13.2 Å². The summed E-state index contributed by atoms with van der Waals surface area (Å²) in [5.74, 6) is -0.0968. The number of anilines is 1. The van der Waals surface area contributed by atoms with E-state index < -0.39 is 11.7 Å². The van der Waals surface area contributed by atoms with Crippen LogP contribution in [0.3, 0.4) is 0 Å². The maximum atomic E-state index is 12.6. The van der Waals surface area contributed by atoms with E-state index in [2.05, 4.69) is 4.98 Å². The monoisotopic (exact) mass is 212 g/mol. The molecule has 1 aromatic heterocycles. The van der Waals surface area contributed by atoms with E-state index in [1.165, 1.54) is 18.3 Å². The molecule has 0 fully saturated rings. The number of nitrogen functional groups attached to an aromatic ring is 1. The largest absolute Gasteiger partial charge is 0.417 e. The van der Waals surface area contributed by atoms with Crippen LogP contribution in [0.5, 0.6) is 0 Å². The zero-order valence-electron chi connectivity index (χ0n) is 7.55. The second-order valence-corrected chi connectivity index (χ2v) is 3.10. The van der Waals surface area contributed by atoms with Crippen molar-refractivity contribution in [3.8, 4) is 0 Å². The van der Waals surface area contributed by atoms with Gasteiger partial charge in [0.25, 0.3) is 0 Å². The van der Waals surface area contributed by atoms with Gasteiger partial charge in [0.2, 0.25) is 0 Å². The van der Waals surface area contributed by atoms with E-state index in [0.29, 0.717) is 5.39 Å². The topological polar surface area (TPSA) is 38.9 Å². The van der Waals surface area contributed by atoms with Gasteiger partial charge in [-0.25, -0.2) is 4.98 Å². The van der Waals surface area contributed by atoms with Gasteiger partial charge in [-0.2, -0.15) is 13.2 Å². The number of nitrogens with two attached hydrogens (primary N) is 1. The highest BCUT2D eigenvalue weighted by molar-refractivity contribution is 5.94. The lowest BCUT2D eigenvalue weighted by atomic mass is 10.1. The molecule has 1 aromatic carbocycles. The summed E-state index contributed by atoms with van der Waals surface area (Å²) in [5, 5.41) is 0.407. The fraction of sp³-hybridized carbons (Fsp3) is 0.100. The smallest absolute Gasteiger partial charge is 0.383 e. The summed E-state index contributed by atoms with van der Waals surface area (Å²) in [7, 11) is 0. The average Bonchev–Trinajstić information content (AvgIpc) is 2.16. The molecular weight excluding hydrogens is 205 g/mol. The molecule has 2 aromatic rings. The van der Waals surface area contributed by atoms with Crippen molar-refractivity contribution in [3.63, 3.8) is 0 Å². The van der Waals surface area contributed by atoms with Crippen molar-refractivity contribution < 1.29 is 13.2 Å². The van der Waals surface area contributed by atoms with Crippen LogP contribution in [0.1, 0.15) is 5.56 Å². The first-order chi connectivity index (χ1) is 7.00. The van der Waals surface area contributed by atoms with Crippen LogP contribution in [0.25, 0.3) is 10.8 Å². The summed E-state index contributed by atoms with van der Waals surface area (Å²) in [6.07, 6.45) is -3.02. The first-order valence-electron chi connectivity index (χ1n) is 4.20. The number of hydrogen-bond donors (Lipinski definition) is 1. The van der Waals surface area contributed by atoms with Gasteiger partial charge >= 0.3 is 6.18 Å². The molecule has 0 saturated carbocycles. The third-order valence-corrected chi connectivity index (χ3v) is 2.13. The number of aromatic nitrogens is 1. The van der Waals surface area contributed by atoms with Crippen LogP contribution in [0.2, 0.25) is 0 Å². The highest BCUT2D eigenvalue weighted by Gasteiger charge is 2.33. The molecule has 0 amide bonds. The minimum atomic E-state index is -4.41. The Morgan fingerprint density at radius 1 is 1.13 bits per heavy atom. The third kappa shape index (κ3) is 1.60. The lowest BCUT2D eigenvalue weighted by Gasteiger charge is -2.10. The van der Waals surface area contributed by atoms with Crippen LogP contribution in [0.15, 0.2) is 30.5 Å². The molecule has 5 heteroatoms. The molecule has 0 bridgehead atoms. The number of pyridine rings is 1. The van der Waals surface area contributed by atoms with E-state index in [4.69, 9.17) is 5.73 Å². The van der Waals surface area contributed by atoms with E-state index in [-0.39, 0.29) is 11.2 Å². The SMILES string of the molecule is Nc1nccc2cccc(C(F)(F)F)c12. The van der Waals surface area contributed by atoms with Gasteiger partial charge in [-0.05, 0) is 17.5 Å². The Morgan fingerprint density at radius 3 is 2.53 bits per heavy atom. The van der Waals surface area contributed by atoms with Crippen LogP contribution >= 0.6 is 0 Å². The van der Waals surface area contributed by atoms with Gasteiger partial charge in [-0.1, -0.05) is 12.1 Å². The standard InChI is InChI=1S/C10H7F3N2/c11-10(12,13)7-3-1-2-6-4-5-15-9(14)8(6)7/h1-5H,(H2,14,15). The molecular formula is C10H7F3N2. The lowest BCUT2D eigenvalue weighted by Crippen LogP contribution is -2.07. The predicted octanol–water partition coefficient (Wildman–Crippen LogP) is 2.84. The van der Waals surface area contributed by atoms with Gasteiger partial charge in [-0.15, -0.1) is 0 Å². The van der Waals surface area contributed by atoms with Gasteiger partial charge in [-0.3, -0.25) is 0 Å². The average molecular weight is 212 g/mol. The lowest BCUT2D eigenvalue weighted by molar-refractivity contribution is -0.136. The number of rotatable bonds is 0. The van der Waals surface area contributed by atoms with Crippen LogP contribution < -0.4 is 5.73 Å². The van der Waals surface area contributed by atoms with Gasteiger partial charge in [0.15, 0.2) is 0 Å². The summed E-state index contributed by atoms with van der Waals surface area (Å²) in [6.45, 7) is 0. The number of alkyl halides is 3. The summed E-state index contributed by atoms with van der Waals surface area (Å²) in [5.41, 5.74) is 4.70. The third-order valence-electron chi connectivity index (χ3n) is 2.13. The Balaban J connectivity index is 2.86. The van der Waals surface area contributed by atoms with E-state index in [0.717, 1.165) is 6.07 Å². The normalized spacial score (nSPS) is 11.9. The molecule has 78 valence electrons. The molecule has 0 radical (unpaired) electrons. The Morgan fingerprint density at radius 2 is 1.87 bits per heavy atom. The summed E-state index contributed by atoms with van der Waals surface area (Å²) in [4.78, 5) is 3.66. The van der Waals surface area contributed by atoms with Gasteiger partial charge in [0, 0.05) is 11.6 Å². The molecule has 0 aliphatic carbocycles. The Kier molecular flexibility index (Phi) is 2.03. The van der Waals surface area contributed by atoms with Crippen molar-refractivity contribution in [2.75, 3.05) is 5.73 Å². The van der Waals surface area contributed by atoms with E-state index in [1.54, 1.807) is 6.07 Å². The molecule has 0 spiro atoms. The highest BCUT2D eigenvalue weighted by atomic mass is 19.4. The van der Waals surface area contributed by atoms with Gasteiger partial charge in [0.1, 0.15) is 5.82 Å². The van der Waals surface area contributed by atoms with Crippen molar-refractivity contribution >= 4 is 16.6 Å². The summed E-state index contributed by atoms with van der Waals surface area (Å²) in [6, 6.07) is 5.43. The molecule has 2 N–H and O–H groups in total. The maximum Gasteiger partial charge on any atom is 0.417 e. The van der Waals surface area contributed by atoms with Crippen LogP contribution in [-0.2, 0) is 6.18 Å². The van der Waals surface area contributed by atoms with Crippen LogP contribution in [-0.4, -0.2) is 4.98 Å². The molecule has 2 nitrogen and oxygen atoms in total. The maximum absolute atomic E-state index is 12.6. The van der Waals surface area contributed by atoms with E-state index in [1.807, 2.05) is 0 Å². The summed E-state index contributed by atoms with van der Waals surface area (Å²) >= 11 is 0. The first kappa shape index (κ1) is 9.76. The minimum absolute atomic E-state index is 0.0347. The fourth-order valence-electron chi connectivity index (χ4n) is 1.49. The van der Waals surface area contributed by atoms with Gasteiger partial charge < -0.3 is 5.73 Å². The predicted molar refractivity (Wildman–Crippen MR) is 51.2 cm³/mol. The molecule has 0 unspecified atom stereocenters. The first-order valence-corrected chi connectivity index (χ1v) is 4.20. The van der Waals surface area contributed by atoms with Crippen molar-refractivity contribution in [2.24, 2.45) is 0 Å².